The molecule has 0 aliphatic heterocycles. The molecule has 1 aromatic carbocycles. The van der Waals surface area contributed by atoms with Crippen molar-refractivity contribution in [2.24, 2.45) is 0 Å². The Morgan fingerprint density at radius 2 is 1.70 bits per heavy atom. The van der Waals surface area contributed by atoms with Gasteiger partial charge in [0.05, 0.1) is 0 Å². The van der Waals surface area contributed by atoms with Gasteiger partial charge in [0.15, 0.2) is 0 Å². The normalized spacial score (nSPS) is 10.5. The van der Waals surface area contributed by atoms with Crippen LogP contribution in [0.5, 0.6) is 0 Å². The zero-order chi connectivity index (χ0) is 17.0. The quantitative estimate of drug-likeness (QED) is 0.918. The first-order valence-electron chi connectivity index (χ1n) is 7.94. The van der Waals surface area contributed by atoms with E-state index in [9.17, 15) is 4.79 Å². The highest BCUT2D eigenvalue weighted by Gasteiger charge is 2.15. The number of carbonyl (C=O) groups is 1. The minimum absolute atomic E-state index is 0.207. The fraction of sp³-hybridized carbons (Fsp3) is 0.389. The molecular formula is C18H24N4O. The highest BCUT2D eigenvalue weighted by Crippen LogP contribution is 2.21. The molecule has 1 N–H and O–H groups in total. The smallest absolute Gasteiger partial charge is 0.274 e. The van der Waals surface area contributed by atoms with Crippen LogP contribution >= 0.6 is 0 Å². The number of rotatable bonds is 5. The number of nitrogens with one attached hydrogen (secondary N) is 1. The van der Waals surface area contributed by atoms with Crippen molar-refractivity contribution in [2.75, 3.05) is 23.3 Å². The van der Waals surface area contributed by atoms with Gasteiger partial charge in [0, 0.05) is 24.8 Å². The predicted octanol–water partition coefficient (Wildman–Crippen LogP) is 3.50. The molecule has 122 valence electrons. The molecule has 0 saturated carbocycles. The molecular weight excluding hydrogens is 288 g/mol. The van der Waals surface area contributed by atoms with Crippen molar-refractivity contribution >= 4 is 17.4 Å². The molecule has 0 fully saturated rings. The van der Waals surface area contributed by atoms with Crippen LogP contribution < -0.4 is 10.2 Å². The summed E-state index contributed by atoms with van der Waals surface area (Å²) in [5, 5.41) is 2.98. The van der Waals surface area contributed by atoms with E-state index in [1.54, 1.807) is 6.07 Å². The Hall–Kier alpha value is -2.43. The number of nitrogens with zero attached hydrogens (tertiary/aromatic N) is 3. The van der Waals surface area contributed by atoms with Crippen molar-refractivity contribution in [3.63, 3.8) is 0 Å². The van der Waals surface area contributed by atoms with E-state index in [1.807, 2.05) is 39.0 Å². The first-order valence-corrected chi connectivity index (χ1v) is 7.94. The van der Waals surface area contributed by atoms with Crippen LogP contribution in [0.1, 0.15) is 41.3 Å². The van der Waals surface area contributed by atoms with Crippen LogP contribution in [0.25, 0.3) is 0 Å². The average molecular weight is 312 g/mol. The van der Waals surface area contributed by atoms with Gasteiger partial charge in [0.2, 0.25) is 0 Å². The van der Waals surface area contributed by atoms with Crippen molar-refractivity contribution in [1.29, 1.82) is 0 Å². The maximum Gasteiger partial charge on any atom is 0.274 e. The topological polar surface area (TPSA) is 58.1 Å². The summed E-state index contributed by atoms with van der Waals surface area (Å²) in [6, 6.07) is 7.70. The molecule has 0 spiro atoms. The third kappa shape index (κ3) is 3.86. The summed E-state index contributed by atoms with van der Waals surface area (Å²) in [6.45, 7) is 11.6. The Labute approximate surface area is 137 Å². The van der Waals surface area contributed by atoms with Gasteiger partial charge in [-0.25, -0.2) is 9.97 Å². The molecule has 1 heterocycles. The van der Waals surface area contributed by atoms with Crippen molar-refractivity contribution in [2.45, 2.75) is 34.6 Å². The molecule has 23 heavy (non-hydrogen) atoms. The molecule has 0 aliphatic rings. The summed E-state index contributed by atoms with van der Waals surface area (Å²) >= 11 is 0. The number of carbonyl (C=O) groups excluding carboxylic acids is 1. The van der Waals surface area contributed by atoms with E-state index < -0.39 is 0 Å². The number of aryl methyl sites for hydroxylation is 3. The van der Waals surface area contributed by atoms with E-state index in [-0.39, 0.29) is 5.91 Å². The molecule has 5 heteroatoms. The van der Waals surface area contributed by atoms with Gasteiger partial charge in [-0.05, 0) is 45.7 Å². The SMILES string of the molecule is CCN(CC)c1cc(C(=O)Nc2c(C)cccc2C)nc(C)n1. The zero-order valence-electron chi connectivity index (χ0n) is 14.5. The summed E-state index contributed by atoms with van der Waals surface area (Å²) in [5.74, 6) is 1.18. The van der Waals surface area contributed by atoms with Crippen molar-refractivity contribution in [1.82, 2.24) is 9.97 Å². The molecule has 5 nitrogen and oxygen atoms in total. The lowest BCUT2D eigenvalue weighted by molar-refractivity contribution is 0.102. The van der Waals surface area contributed by atoms with Crippen LogP contribution in [-0.2, 0) is 0 Å². The van der Waals surface area contributed by atoms with E-state index in [1.165, 1.54) is 0 Å². The number of hydrogen-bond acceptors (Lipinski definition) is 4. The van der Waals surface area contributed by atoms with Gasteiger partial charge in [-0.1, -0.05) is 18.2 Å². The van der Waals surface area contributed by atoms with Gasteiger partial charge in [0.1, 0.15) is 17.3 Å². The van der Waals surface area contributed by atoms with E-state index in [2.05, 4.69) is 34.0 Å². The number of benzene rings is 1. The third-order valence-corrected chi connectivity index (χ3v) is 3.86. The summed E-state index contributed by atoms with van der Waals surface area (Å²) in [6.07, 6.45) is 0. The first kappa shape index (κ1) is 16.9. The van der Waals surface area contributed by atoms with Crippen molar-refractivity contribution in [3.8, 4) is 0 Å². The lowest BCUT2D eigenvalue weighted by atomic mass is 10.1. The summed E-state index contributed by atoms with van der Waals surface area (Å²) in [4.78, 5) is 23.4. The summed E-state index contributed by atoms with van der Waals surface area (Å²) in [5.41, 5.74) is 3.31. The number of para-hydroxylation sites is 1. The third-order valence-electron chi connectivity index (χ3n) is 3.86. The van der Waals surface area contributed by atoms with Gasteiger partial charge in [-0.2, -0.15) is 0 Å². The van der Waals surface area contributed by atoms with Gasteiger partial charge < -0.3 is 10.2 Å². The maximum absolute atomic E-state index is 12.6. The van der Waals surface area contributed by atoms with Crippen LogP contribution in [0, 0.1) is 20.8 Å². The van der Waals surface area contributed by atoms with Gasteiger partial charge >= 0.3 is 0 Å². The Morgan fingerprint density at radius 3 is 2.26 bits per heavy atom. The lowest BCUT2D eigenvalue weighted by Crippen LogP contribution is -2.25. The summed E-state index contributed by atoms with van der Waals surface area (Å²) < 4.78 is 0. The highest BCUT2D eigenvalue weighted by molar-refractivity contribution is 6.04. The molecule has 2 aromatic rings. The second kappa shape index (κ2) is 7.22. The zero-order valence-corrected chi connectivity index (χ0v) is 14.5. The Balaban J connectivity index is 2.32. The lowest BCUT2D eigenvalue weighted by Gasteiger charge is -2.20. The Bertz CT molecular complexity index is 688. The Kier molecular flexibility index (Phi) is 5.32. The van der Waals surface area contributed by atoms with Crippen molar-refractivity contribution < 1.29 is 4.79 Å². The van der Waals surface area contributed by atoms with Crippen molar-refractivity contribution in [3.05, 3.63) is 46.9 Å². The molecule has 1 amide bonds. The second-order valence-electron chi connectivity index (χ2n) is 5.55. The van der Waals surface area contributed by atoms with E-state index in [0.29, 0.717) is 11.5 Å². The number of aromatic nitrogens is 2. The molecule has 0 bridgehead atoms. The second-order valence-corrected chi connectivity index (χ2v) is 5.55. The molecule has 0 aliphatic carbocycles. The van der Waals surface area contributed by atoms with E-state index in [4.69, 9.17) is 0 Å². The van der Waals surface area contributed by atoms with Crippen LogP contribution in [0.2, 0.25) is 0 Å². The van der Waals surface area contributed by atoms with Gasteiger partial charge in [-0.15, -0.1) is 0 Å². The fourth-order valence-corrected chi connectivity index (χ4v) is 2.57. The number of amides is 1. The largest absolute Gasteiger partial charge is 0.357 e. The van der Waals surface area contributed by atoms with Crippen LogP contribution in [-0.4, -0.2) is 29.0 Å². The summed E-state index contributed by atoms with van der Waals surface area (Å²) in [7, 11) is 0. The molecule has 2 rings (SSSR count). The molecule has 0 radical (unpaired) electrons. The van der Waals surface area contributed by atoms with E-state index >= 15 is 0 Å². The molecule has 0 atom stereocenters. The van der Waals surface area contributed by atoms with Gasteiger partial charge in [0.25, 0.3) is 5.91 Å². The fourth-order valence-electron chi connectivity index (χ4n) is 2.57. The van der Waals surface area contributed by atoms with Crippen LogP contribution in [0.15, 0.2) is 24.3 Å². The monoisotopic (exact) mass is 312 g/mol. The molecule has 0 saturated heterocycles. The van der Waals surface area contributed by atoms with Gasteiger partial charge in [-0.3, -0.25) is 4.79 Å². The maximum atomic E-state index is 12.6. The Morgan fingerprint density at radius 1 is 1.09 bits per heavy atom. The highest BCUT2D eigenvalue weighted by atomic mass is 16.1. The number of anilines is 2. The molecule has 1 aromatic heterocycles. The standard InChI is InChI=1S/C18H24N4O/c1-6-22(7-2)16-11-15(19-14(5)20-16)18(23)21-17-12(3)9-8-10-13(17)4/h8-11H,6-7H2,1-5H3,(H,21,23). The number of hydrogen-bond donors (Lipinski definition) is 1. The predicted molar refractivity (Wildman–Crippen MR) is 94.2 cm³/mol. The molecule has 0 unspecified atom stereocenters. The van der Waals surface area contributed by atoms with Crippen LogP contribution in [0.4, 0.5) is 11.5 Å². The minimum Gasteiger partial charge on any atom is -0.357 e. The first-order chi connectivity index (χ1) is 11.0. The minimum atomic E-state index is -0.207. The van der Waals surface area contributed by atoms with Crippen LogP contribution in [0.3, 0.4) is 0 Å². The average Bonchev–Trinajstić information content (AvgIpc) is 2.51. The van der Waals surface area contributed by atoms with E-state index in [0.717, 1.165) is 35.7 Å².